The van der Waals surface area contributed by atoms with Crippen molar-refractivity contribution < 1.29 is 9.53 Å². The molecule has 0 bridgehead atoms. The van der Waals surface area contributed by atoms with E-state index in [1.165, 1.54) is 0 Å². The Morgan fingerprint density at radius 1 is 1.47 bits per heavy atom. The van der Waals surface area contributed by atoms with E-state index in [1.54, 1.807) is 13.1 Å². The summed E-state index contributed by atoms with van der Waals surface area (Å²) < 4.78 is 4.63. The van der Waals surface area contributed by atoms with E-state index in [-0.39, 0.29) is 0 Å². The maximum atomic E-state index is 10.8. The smallest absolute Gasteiger partial charge is 0.427 e. The Bertz CT molecular complexity index is 323. The van der Waals surface area contributed by atoms with Crippen LogP contribution in [0.1, 0.15) is 12.5 Å². The lowest BCUT2D eigenvalue weighted by molar-refractivity contribution is 0.152. The van der Waals surface area contributed by atoms with Gasteiger partial charge in [0.05, 0.1) is 6.61 Å². The molecule has 0 saturated heterocycles. The first-order chi connectivity index (χ1) is 7.33. The Hall–Kier alpha value is -1.84. The molecule has 1 rings (SSSR count). The number of nitrogens with one attached hydrogen (secondary N) is 1. The van der Waals surface area contributed by atoms with Crippen LogP contribution in [0.2, 0.25) is 0 Å². The predicted octanol–water partition coefficient (Wildman–Crippen LogP) is 1.96. The highest BCUT2D eigenvalue weighted by Gasteiger charge is 1.94. The number of hydrogen-bond acceptors (Lipinski definition) is 3. The normalized spacial score (nSPS) is 10.2. The Labute approximate surface area is 88.9 Å². The Balaban J connectivity index is 2.26. The van der Waals surface area contributed by atoms with Crippen LogP contribution in [-0.4, -0.2) is 18.9 Å². The molecule has 0 aliphatic rings. The molecule has 1 N–H and O–H groups in total. The molecule has 0 aromatic heterocycles. The van der Waals surface area contributed by atoms with Crippen LogP contribution in [-0.2, 0) is 11.2 Å². The van der Waals surface area contributed by atoms with Crippen LogP contribution in [0.4, 0.5) is 4.79 Å². The van der Waals surface area contributed by atoms with Gasteiger partial charge in [-0.2, -0.15) is 5.10 Å². The van der Waals surface area contributed by atoms with Crippen LogP contribution in [0.5, 0.6) is 0 Å². The average molecular weight is 206 g/mol. The second-order valence-corrected chi connectivity index (χ2v) is 2.83. The third kappa shape index (κ3) is 4.81. The molecule has 0 unspecified atom stereocenters. The molecule has 0 fully saturated rings. The maximum Gasteiger partial charge on any atom is 0.427 e. The third-order valence-corrected chi connectivity index (χ3v) is 1.69. The van der Waals surface area contributed by atoms with Gasteiger partial charge >= 0.3 is 6.09 Å². The fraction of sp³-hybridized carbons (Fsp3) is 0.273. The van der Waals surface area contributed by atoms with E-state index in [2.05, 4.69) is 15.3 Å². The van der Waals surface area contributed by atoms with E-state index in [0.29, 0.717) is 13.0 Å². The first-order valence-electron chi connectivity index (χ1n) is 4.81. The monoisotopic (exact) mass is 206 g/mol. The van der Waals surface area contributed by atoms with Crippen molar-refractivity contribution in [1.29, 1.82) is 0 Å². The van der Waals surface area contributed by atoms with Gasteiger partial charge in [0.2, 0.25) is 0 Å². The van der Waals surface area contributed by atoms with Gasteiger partial charge in [0.15, 0.2) is 0 Å². The van der Waals surface area contributed by atoms with Crippen LogP contribution >= 0.6 is 0 Å². The van der Waals surface area contributed by atoms with Crippen molar-refractivity contribution >= 4 is 12.3 Å². The summed E-state index contributed by atoms with van der Waals surface area (Å²) in [6.45, 7) is 2.09. The van der Waals surface area contributed by atoms with E-state index in [4.69, 9.17) is 0 Å². The number of hydrazone groups is 1. The number of rotatable bonds is 4. The molecule has 0 radical (unpaired) electrons. The van der Waals surface area contributed by atoms with E-state index >= 15 is 0 Å². The summed E-state index contributed by atoms with van der Waals surface area (Å²) >= 11 is 0. The van der Waals surface area contributed by atoms with Crippen LogP contribution < -0.4 is 5.43 Å². The van der Waals surface area contributed by atoms with Crippen LogP contribution in [0.25, 0.3) is 0 Å². The van der Waals surface area contributed by atoms with Crippen molar-refractivity contribution in [2.24, 2.45) is 5.10 Å². The van der Waals surface area contributed by atoms with E-state index in [1.807, 2.05) is 30.3 Å². The van der Waals surface area contributed by atoms with Crippen LogP contribution in [0.15, 0.2) is 35.4 Å². The Kier molecular flexibility index (Phi) is 4.94. The molecule has 4 heteroatoms. The third-order valence-electron chi connectivity index (χ3n) is 1.69. The number of ether oxygens (including phenoxy) is 1. The quantitative estimate of drug-likeness (QED) is 0.604. The summed E-state index contributed by atoms with van der Waals surface area (Å²) in [6.07, 6.45) is 1.79. The number of amides is 1. The zero-order valence-corrected chi connectivity index (χ0v) is 8.64. The zero-order chi connectivity index (χ0) is 10.9. The largest absolute Gasteiger partial charge is 0.449 e. The fourth-order valence-electron chi connectivity index (χ4n) is 1.03. The second kappa shape index (κ2) is 6.59. The van der Waals surface area contributed by atoms with Gasteiger partial charge in [-0.15, -0.1) is 0 Å². The standard InChI is InChI=1S/C11H14N2O2/c1-2-15-11(14)13-12-9-8-10-6-4-3-5-7-10/h3-7,9H,2,8H2,1H3,(H,13,14)/b12-9+. The molecular weight excluding hydrogens is 192 g/mol. The first kappa shape index (κ1) is 11.2. The molecule has 0 spiro atoms. The molecule has 1 aromatic carbocycles. The van der Waals surface area contributed by atoms with Gasteiger partial charge in [0, 0.05) is 12.6 Å². The zero-order valence-electron chi connectivity index (χ0n) is 8.64. The van der Waals surface area contributed by atoms with Crippen LogP contribution in [0.3, 0.4) is 0 Å². The number of hydrogen-bond donors (Lipinski definition) is 1. The molecule has 80 valence electrons. The second-order valence-electron chi connectivity index (χ2n) is 2.83. The lowest BCUT2D eigenvalue weighted by atomic mass is 10.2. The Morgan fingerprint density at radius 3 is 2.87 bits per heavy atom. The summed E-state index contributed by atoms with van der Waals surface area (Å²) in [6, 6.07) is 9.87. The van der Waals surface area contributed by atoms with Gasteiger partial charge in [0.25, 0.3) is 0 Å². The van der Waals surface area contributed by atoms with Gasteiger partial charge in [0.1, 0.15) is 0 Å². The number of nitrogens with zero attached hydrogens (tertiary/aromatic N) is 1. The van der Waals surface area contributed by atoms with Gasteiger partial charge < -0.3 is 4.74 Å². The first-order valence-corrected chi connectivity index (χ1v) is 4.81. The fourth-order valence-corrected chi connectivity index (χ4v) is 1.03. The highest BCUT2D eigenvalue weighted by Crippen LogP contribution is 1.96. The Morgan fingerprint density at radius 2 is 2.20 bits per heavy atom. The van der Waals surface area contributed by atoms with Crippen LogP contribution in [0, 0.1) is 0 Å². The summed E-state index contributed by atoms with van der Waals surface area (Å²) in [5, 5.41) is 3.74. The van der Waals surface area contributed by atoms with Gasteiger partial charge in [-0.3, -0.25) is 0 Å². The molecular formula is C11H14N2O2. The van der Waals surface area contributed by atoms with Crippen molar-refractivity contribution in [3.05, 3.63) is 35.9 Å². The van der Waals surface area contributed by atoms with Crippen molar-refractivity contribution in [2.75, 3.05) is 6.61 Å². The number of benzene rings is 1. The summed E-state index contributed by atoms with van der Waals surface area (Å²) in [5.74, 6) is 0. The molecule has 4 nitrogen and oxygen atoms in total. The molecule has 1 aromatic rings. The van der Waals surface area contributed by atoms with Crippen molar-refractivity contribution in [3.8, 4) is 0 Å². The molecule has 0 aliphatic heterocycles. The molecule has 0 heterocycles. The van der Waals surface area contributed by atoms with E-state index < -0.39 is 6.09 Å². The highest BCUT2D eigenvalue weighted by molar-refractivity contribution is 5.69. The maximum absolute atomic E-state index is 10.8. The lowest BCUT2D eigenvalue weighted by Gasteiger charge is -1.98. The summed E-state index contributed by atoms with van der Waals surface area (Å²) in [7, 11) is 0. The van der Waals surface area contributed by atoms with Gasteiger partial charge in [-0.1, -0.05) is 30.3 Å². The lowest BCUT2D eigenvalue weighted by Crippen LogP contribution is -2.18. The molecule has 0 saturated carbocycles. The predicted molar refractivity (Wildman–Crippen MR) is 58.8 cm³/mol. The van der Waals surface area contributed by atoms with Crippen molar-refractivity contribution in [3.63, 3.8) is 0 Å². The topological polar surface area (TPSA) is 50.7 Å². The van der Waals surface area contributed by atoms with Crippen molar-refractivity contribution in [1.82, 2.24) is 5.43 Å². The SMILES string of the molecule is CCOC(=O)N/N=C/Cc1ccccc1. The van der Waals surface area contributed by atoms with Gasteiger partial charge in [-0.25, -0.2) is 10.2 Å². The van der Waals surface area contributed by atoms with Crippen molar-refractivity contribution in [2.45, 2.75) is 13.3 Å². The average Bonchev–Trinajstić information content (AvgIpc) is 2.26. The highest BCUT2D eigenvalue weighted by atomic mass is 16.5. The molecule has 1 amide bonds. The minimum absolute atomic E-state index is 0.347. The minimum Gasteiger partial charge on any atom is -0.449 e. The minimum atomic E-state index is -0.526. The molecule has 0 atom stereocenters. The number of carbonyl (C=O) groups excluding carboxylic acids is 1. The molecule has 15 heavy (non-hydrogen) atoms. The summed E-state index contributed by atoms with van der Waals surface area (Å²) in [4.78, 5) is 10.8. The van der Waals surface area contributed by atoms with Gasteiger partial charge in [-0.05, 0) is 12.5 Å². The van der Waals surface area contributed by atoms with E-state index in [9.17, 15) is 4.79 Å². The molecule has 0 aliphatic carbocycles. The van der Waals surface area contributed by atoms with E-state index in [0.717, 1.165) is 5.56 Å². The summed E-state index contributed by atoms with van der Waals surface area (Å²) in [5.41, 5.74) is 3.41. The number of carbonyl (C=O) groups is 1.